The summed E-state index contributed by atoms with van der Waals surface area (Å²) in [6.07, 6.45) is 2.45. The maximum absolute atomic E-state index is 12.3. The van der Waals surface area contributed by atoms with Crippen molar-refractivity contribution in [3.05, 3.63) is 29.8 Å². The van der Waals surface area contributed by atoms with Gasteiger partial charge in [-0.1, -0.05) is 18.2 Å². The summed E-state index contributed by atoms with van der Waals surface area (Å²) in [5, 5.41) is 2.98. The number of amides is 2. The Hall–Kier alpha value is -1.59. The summed E-state index contributed by atoms with van der Waals surface area (Å²) in [7, 11) is 0. The molecule has 1 N–H and O–H groups in total. The van der Waals surface area contributed by atoms with Crippen LogP contribution in [0.2, 0.25) is 0 Å². The Morgan fingerprint density at radius 2 is 1.86 bits per heavy atom. The van der Waals surface area contributed by atoms with Gasteiger partial charge in [-0.15, -0.1) is 0 Å². The quantitative estimate of drug-likeness (QED) is 0.865. The predicted molar refractivity (Wildman–Crippen MR) is 80.3 cm³/mol. The molecule has 0 bridgehead atoms. The Morgan fingerprint density at radius 3 is 2.52 bits per heavy atom. The zero-order valence-electron chi connectivity index (χ0n) is 12.4. The summed E-state index contributed by atoms with van der Waals surface area (Å²) in [5.74, 6) is -0.447. The van der Waals surface area contributed by atoms with Crippen LogP contribution in [-0.4, -0.2) is 43.0 Å². The fraction of sp³-hybridized carbons (Fsp3) is 0.562. The molecule has 1 aromatic rings. The molecule has 3 rings (SSSR count). The van der Waals surface area contributed by atoms with Gasteiger partial charge in [0.2, 0.25) is 0 Å². The highest BCUT2D eigenvalue weighted by molar-refractivity contribution is 5.90. The lowest BCUT2D eigenvalue weighted by Crippen LogP contribution is -2.52. The molecule has 0 unspecified atom stereocenters. The summed E-state index contributed by atoms with van der Waals surface area (Å²) < 4.78 is 11.6. The first kappa shape index (κ1) is 14.4. The van der Waals surface area contributed by atoms with E-state index in [1.807, 2.05) is 36.1 Å². The van der Waals surface area contributed by atoms with Crippen molar-refractivity contribution < 1.29 is 14.3 Å². The van der Waals surface area contributed by atoms with E-state index >= 15 is 0 Å². The Kier molecular flexibility index (Phi) is 4.12. The number of nitrogens with zero attached hydrogens (tertiary/aromatic N) is 1. The second kappa shape index (κ2) is 6.03. The molecule has 1 aromatic carbocycles. The highest BCUT2D eigenvalue weighted by Crippen LogP contribution is 2.31. The van der Waals surface area contributed by atoms with Crippen molar-refractivity contribution in [1.29, 1.82) is 0 Å². The van der Waals surface area contributed by atoms with Gasteiger partial charge in [0.25, 0.3) is 0 Å². The molecule has 5 nitrogen and oxygen atoms in total. The molecule has 2 saturated heterocycles. The standard InChI is InChI=1S/C16H22N2O3/c1-13-5-2-3-6-14(13)17-15(19)18-9-7-16(8-10-18)20-11-4-12-21-16/h2-3,5-6H,4,7-12H2,1H3,(H,17,19). The summed E-state index contributed by atoms with van der Waals surface area (Å²) in [4.78, 5) is 14.2. The number of ether oxygens (including phenoxy) is 2. The second-order valence-corrected chi connectivity index (χ2v) is 5.69. The predicted octanol–water partition coefficient (Wildman–Crippen LogP) is 2.76. The molecule has 2 aliphatic heterocycles. The van der Waals surface area contributed by atoms with Crippen LogP contribution in [-0.2, 0) is 9.47 Å². The molecule has 0 radical (unpaired) electrons. The number of rotatable bonds is 1. The molecule has 0 aliphatic carbocycles. The van der Waals surface area contributed by atoms with E-state index in [0.29, 0.717) is 13.1 Å². The molecule has 1 spiro atoms. The van der Waals surface area contributed by atoms with E-state index in [4.69, 9.17) is 9.47 Å². The van der Waals surface area contributed by atoms with E-state index in [1.54, 1.807) is 0 Å². The van der Waals surface area contributed by atoms with Gasteiger partial charge in [0.15, 0.2) is 5.79 Å². The number of likely N-dealkylation sites (tertiary alicyclic amines) is 1. The summed E-state index contributed by atoms with van der Waals surface area (Å²) in [5.41, 5.74) is 1.94. The largest absolute Gasteiger partial charge is 0.350 e. The fourth-order valence-corrected chi connectivity index (χ4v) is 2.86. The van der Waals surface area contributed by atoms with E-state index in [-0.39, 0.29) is 6.03 Å². The molecule has 21 heavy (non-hydrogen) atoms. The molecule has 0 aromatic heterocycles. The number of piperidine rings is 1. The van der Waals surface area contributed by atoms with E-state index in [1.165, 1.54) is 0 Å². The van der Waals surface area contributed by atoms with Crippen LogP contribution in [0.1, 0.15) is 24.8 Å². The van der Waals surface area contributed by atoms with Gasteiger partial charge in [0, 0.05) is 31.6 Å². The number of nitrogens with one attached hydrogen (secondary N) is 1. The van der Waals surface area contributed by atoms with E-state index in [9.17, 15) is 4.79 Å². The molecule has 0 saturated carbocycles. The second-order valence-electron chi connectivity index (χ2n) is 5.69. The normalized spacial score (nSPS) is 21.3. The Bertz CT molecular complexity index is 502. The van der Waals surface area contributed by atoms with Crippen LogP contribution in [0.5, 0.6) is 0 Å². The number of para-hydroxylation sites is 1. The number of urea groups is 1. The molecule has 2 aliphatic rings. The number of carbonyl (C=O) groups excluding carboxylic acids is 1. The number of carbonyl (C=O) groups is 1. The van der Waals surface area contributed by atoms with Gasteiger partial charge in [-0.2, -0.15) is 0 Å². The molecular weight excluding hydrogens is 268 g/mol. The highest BCUT2D eigenvalue weighted by atomic mass is 16.7. The first-order chi connectivity index (χ1) is 10.2. The van der Waals surface area contributed by atoms with E-state index in [2.05, 4.69) is 5.32 Å². The number of aryl methyl sites for hydroxylation is 1. The average molecular weight is 290 g/mol. The molecular formula is C16H22N2O3. The first-order valence-corrected chi connectivity index (χ1v) is 7.58. The average Bonchev–Trinajstić information content (AvgIpc) is 2.51. The Labute approximate surface area is 125 Å². The monoisotopic (exact) mass is 290 g/mol. The van der Waals surface area contributed by atoms with E-state index in [0.717, 1.165) is 43.7 Å². The minimum Gasteiger partial charge on any atom is -0.350 e. The van der Waals surface area contributed by atoms with Crippen molar-refractivity contribution in [3.63, 3.8) is 0 Å². The third kappa shape index (κ3) is 3.19. The maximum Gasteiger partial charge on any atom is 0.321 e. The van der Waals surface area contributed by atoms with Crippen molar-refractivity contribution in [1.82, 2.24) is 4.90 Å². The maximum atomic E-state index is 12.3. The minimum absolute atomic E-state index is 0.0463. The van der Waals surface area contributed by atoms with Gasteiger partial charge < -0.3 is 19.7 Å². The molecule has 2 fully saturated rings. The van der Waals surface area contributed by atoms with Gasteiger partial charge >= 0.3 is 6.03 Å². The summed E-state index contributed by atoms with van der Waals surface area (Å²) in [6.45, 7) is 4.84. The van der Waals surface area contributed by atoms with Crippen molar-refractivity contribution in [2.45, 2.75) is 32.0 Å². The van der Waals surface area contributed by atoms with Gasteiger partial charge in [-0.25, -0.2) is 4.79 Å². The van der Waals surface area contributed by atoms with Crippen molar-refractivity contribution in [3.8, 4) is 0 Å². The van der Waals surface area contributed by atoms with Crippen LogP contribution in [0, 0.1) is 6.92 Å². The third-order valence-corrected chi connectivity index (χ3v) is 4.22. The lowest BCUT2D eigenvalue weighted by Gasteiger charge is -2.43. The molecule has 0 atom stereocenters. The molecule has 114 valence electrons. The fourth-order valence-electron chi connectivity index (χ4n) is 2.86. The third-order valence-electron chi connectivity index (χ3n) is 4.22. The minimum atomic E-state index is -0.447. The Morgan fingerprint density at radius 1 is 1.19 bits per heavy atom. The van der Waals surface area contributed by atoms with Crippen LogP contribution >= 0.6 is 0 Å². The van der Waals surface area contributed by atoms with Crippen LogP contribution in [0.4, 0.5) is 10.5 Å². The van der Waals surface area contributed by atoms with Crippen molar-refractivity contribution in [2.24, 2.45) is 0 Å². The van der Waals surface area contributed by atoms with Gasteiger partial charge in [-0.3, -0.25) is 0 Å². The van der Waals surface area contributed by atoms with Crippen LogP contribution in [0.3, 0.4) is 0 Å². The van der Waals surface area contributed by atoms with Gasteiger partial charge in [-0.05, 0) is 25.0 Å². The van der Waals surface area contributed by atoms with Crippen LogP contribution < -0.4 is 5.32 Å². The number of hydrogen-bond acceptors (Lipinski definition) is 3. The molecule has 5 heteroatoms. The smallest absolute Gasteiger partial charge is 0.321 e. The lowest BCUT2D eigenvalue weighted by molar-refractivity contribution is -0.281. The van der Waals surface area contributed by atoms with Crippen molar-refractivity contribution >= 4 is 11.7 Å². The van der Waals surface area contributed by atoms with Crippen molar-refractivity contribution in [2.75, 3.05) is 31.6 Å². The summed E-state index contributed by atoms with van der Waals surface area (Å²) in [6, 6.07) is 7.76. The van der Waals surface area contributed by atoms with Crippen LogP contribution in [0.25, 0.3) is 0 Å². The van der Waals surface area contributed by atoms with Crippen LogP contribution in [0.15, 0.2) is 24.3 Å². The SMILES string of the molecule is Cc1ccccc1NC(=O)N1CCC2(CC1)OCCCO2. The van der Waals surface area contributed by atoms with E-state index < -0.39 is 5.79 Å². The number of benzene rings is 1. The van der Waals surface area contributed by atoms with Gasteiger partial charge in [0.1, 0.15) is 0 Å². The first-order valence-electron chi connectivity index (χ1n) is 7.58. The topological polar surface area (TPSA) is 50.8 Å². The number of hydrogen-bond donors (Lipinski definition) is 1. The molecule has 2 amide bonds. The summed E-state index contributed by atoms with van der Waals surface area (Å²) >= 11 is 0. The van der Waals surface area contributed by atoms with Gasteiger partial charge in [0.05, 0.1) is 13.2 Å². The highest BCUT2D eigenvalue weighted by Gasteiger charge is 2.39. The lowest BCUT2D eigenvalue weighted by atomic mass is 10.0. The number of anilines is 1. The zero-order chi connectivity index (χ0) is 14.7. The Balaban J connectivity index is 1.57. The molecule has 2 heterocycles. The zero-order valence-corrected chi connectivity index (χ0v) is 12.4.